The Kier molecular flexibility index (Phi) is 4.80. The number of hydrogen-bond acceptors (Lipinski definition) is 2. The highest BCUT2D eigenvalue weighted by Crippen LogP contribution is 2.29. The van der Waals surface area contributed by atoms with Crippen LogP contribution < -0.4 is 0 Å². The van der Waals surface area contributed by atoms with E-state index in [-0.39, 0.29) is 12.3 Å². The van der Waals surface area contributed by atoms with E-state index in [0.717, 1.165) is 17.7 Å². The van der Waals surface area contributed by atoms with E-state index in [1.165, 1.54) is 17.0 Å². The van der Waals surface area contributed by atoms with Crippen LogP contribution in [0.2, 0.25) is 0 Å². The first-order valence-electron chi connectivity index (χ1n) is 6.65. The molecule has 1 amide bonds. The van der Waals surface area contributed by atoms with Crippen molar-refractivity contribution in [1.29, 1.82) is 0 Å². The fourth-order valence-corrected chi connectivity index (χ4v) is 1.97. The van der Waals surface area contributed by atoms with Crippen LogP contribution in [-0.2, 0) is 23.9 Å². The third kappa shape index (κ3) is 4.31. The van der Waals surface area contributed by atoms with Gasteiger partial charge in [-0.3, -0.25) is 9.78 Å². The van der Waals surface area contributed by atoms with Crippen molar-refractivity contribution in [3.8, 4) is 0 Å². The molecule has 0 radical (unpaired) electrons. The molecule has 22 heavy (non-hydrogen) atoms. The predicted octanol–water partition coefficient (Wildman–Crippen LogP) is 3.30. The average molecular weight is 308 g/mol. The minimum absolute atomic E-state index is 0.0644. The normalized spacial score (nSPS) is 11.3. The zero-order chi connectivity index (χ0) is 16.2. The van der Waals surface area contributed by atoms with Crippen LogP contribution in [0.15, 0.2) is 48.8 Å². The predicted molar refractivity (Wildman–Crippen MR) is 75.9 cm³/mol. The Hall–Kier alpha value is -2.37. The van der Waals surface area contributed by atoms with Crippen molar-refractivity contribution in [2.45, 2.75) is 19.1 Å². The number of alkyl halides is 3. The van der Waals surface area contributed by atoms with Crippen molar-refractivity contribution in [2.24, 2.45) is 0 Å². The Bertz CT molecular complexity index is 624. The molecule has 0 N–H and O–H groups in total. The molecule has 0 unspecified atom stereocenters. The lowest BCUT2D eigenvalue weighted by Crippen LogP contribution is -2.27. The molecular formula is C16H15F3N2O. The first-order chi connectivity index (χ1) is 10.4. The number of likely N-dealkylation sites (N-methyl/N-ethyl adjacent to an activating group) is 1. The zero-order valence-electron chi connectivity index (χ0n) is 12.0. The van der Waals surface area contributed by atoms with Gasteiger partial charge in [-0.05, 0) is 29.3 Å². The highest BCUT2D eigenvalue weighted by Gasteiger charge is 2.30. The molecule has 116 valence electrons. The van der Waals surface area contributed by atoms with Gasteiger partial charge in [0.05, 0.1) is 12.0 Å². The van der Waals surface area contributed by atoms with Gasteiger partial charge in [-0.1, -0.05) is 18.2 Å². The van der Waals surface area contributed by atoms with Gasteiger partial charge in [0.15, 0.2) is 0 Å². The molecule has 0 aliphatic carbocycles. The summed E-state index contributed by atoms with van der Waals surface area (Å²) in [4.78, 5) is 17.6. The van der Waals surface area contributed by atoms with Gasteiger partial charge in [-0.15, -0.1) is 0 Å². The van der Waals surface area contributed by atoms with Crippen LogP contribution in [0.25, 0.3) is 0 Å². The number of nitrogens with zero attached hydrogens (tertiary/aromatic N) is 2. The molecule has 2 rings (SSSR count). The van der Waals surface area contributed by atoms with Crippen LogP contribution in [0.4, 0.5) is 13.2 Å². The van der Waals surface area contributed by atoms with Gasteiger partial charge >= 0.3 is 6.18 Å². The van der Waals surface area contributed by atoms with Gasteiger partial charge in [-0.25, -0.2) is 0 Å². The lowest BCUT2D eigenvalue weighted by Gasteiger charge is -2.17. The van der Waals surface area contributed by atoms with Gasteiger partial charge in [0.2, 0.25) is 5.91 Å². The Morgan fingerprint density at radius 1 is 1.14 bits per heavy atom. The van der Waals surface area contributed by atoms with Gasteiger partial charge in [0.25, 0.3) is 0 Å². The minimum Gasteiger partial charge on any atom is -0.341 e. The molecule has 0 aliphatic rings. The maximum atomic E-state index is 12.5. The van der Waals surface area contributed by atoms with Gasteiger partial charge < -0.3 is 4.90 Å². The fraction of sp³-hybridized carbons (Fsp3) is 0.250. The maximum Gasteiger partial charge on any atom is 0.416 e. The SMILES string of the molecule is CN(Cc1cccnc1)C(=O)Cc1ccc(C(F)(F)F)cc1. The summed E-state index contributed by atoms with van der Waals surface area (Å²) in [5.41, 5.74) is 0.731. The Morgan fingerprint density at radius 3 is 2.36 bits per heavy atom. The zero-order valence-corrected chi connectivity index (χ0v) is 12.0. The van der Waals surface area contributed by atoms with E-state index in [2.05, 4.69) is 4.98 Å². The standard InChI is InChI=1S/C16H15F3N2O/c1-21(11-13-3-2-8-20-10-13)15(22)9-12-4-6-14(7-5-12)16(17,18)19/h2-8,10H,9,11H2,1H3. The monoisotopic (exact) mass is 308 g/mol. The summed E-state index contributed by atoms with van der Waals surface area (Å²) in [6.45, 7) is 0.410. The molecule has 0 fully saturated rings. The van der Waals surface area contributed by atoms with Crippen LogP contribution in [0, 0.1) is 0 Å². The first-order valence-corrected chi connectivity index (χ1v) is 6.65. The summed E-state index contributed by atoms with van der Waals surface area (Å²) in [5, 5.41) is 0. The number of halogens is 3. The summed E-state index contributed by atoms with van der Waals surface area (Å²) in [6.07, 6.45) is -0.982. The lowest BCUT2D eigenvalue weighted by atomic mass is 10.1. The van der Waals surface area contributed by atoms with E-state index in [0.29, 0.717) is 12.1 Å². The third-order valence-corrected chi connectivity index (χ3v) is 3.20. The molecule has 0 saturated heterocycles. The van der Waals surface area contributed by atoms with Crippen LogP contribution in [0.1, 0.15) is 16.7 Å². The molecule has 0 spiro atoms. The summed E-state index contributed by atoms with van der Waals surface area (Å²) >= 11 is 0. The summed E-state index contributed by atoms with van der Waals surface area (Å²) < 4.78 is 37.4. The third-order valence-electron chi connectivity index (χ3n) is 3.20. The highest BCUT2D eigenvalue weighted by molar-refractivity contribution is 5.78. The second-order valence-corrected chi connectivity index (χ2v) is 4.98. The van der Waals surface area contributed by atoms with Crippen molar-refractivity contribution in [2.75, 3.05) is 7.05 Å². The number of hydrogen-bond donors (Lipinski definition) is 0. The van der Waals surface area contributed by atoms with E-state index in [4.69, 9.17) is 0 Å². The van der Waals surface area contributed by atoms with E-state index < -0.39 is 11.7 Å². The maximum absolute atomic E-state index is 12.5. The number of benzene rings is 1. The Labute approximate surface area is 126 Å². The molecule has 0 aliphatic heterocycles. The first kappa shape index (κ1) is 16.0. The van der Waals surface area contributed by atoms with Gasteiger partial charge in [-0.2, -0.15) is 13.2 Å². The number of pyridine rings is 1. The fourth-order valence-electron chi connectivity index (χ4n) is 1.97. The largest absolute Gasteiger partial charge is 0.416 e. The number of carbonyl (C=O) groups excluding carboxylic acids is 1. The molecule has 1 aromatic heterocycles. The van der Waals surface area contributed by atoms with Crippen molar-refractivity contribution in [3.05, 3.63) is 65.5 Å². The van der Waals surface area contributed by atoms with Crippen molar-refractivity contribution < 1.29 is 18.0 Å². The molecule has 1 heterocycles. The molecule has 0 atom stereocenters. The number of carbonyl (C=O) groups is 1. The van der Waals surface area contributed by atoms with E-state index in [9.17, 15) is 18.0 Å². The number of rotatable bonds is 4. The van der Waals surface area contributed by atoms with Crippen LogP contribution in [0.5, 0.6) is 0 Å². The van der Waals surface area contributed by atoms with Gasteiger partial charge in [0, 0.05) is 26.0 Å². The van der Waals surface area contributed by atoms with Crippen LogP contribution >= 0.6 is 0 Å². The quantitative estimate of drug-likeness (QED) is 0.868. The molecule has 0 bridgehead atoms. The molecule has 6 heteroatoms. The van der Waals surface area contributed by atoms with Crippen LogP contribution in [-0.4, -0.2) is 22.8 Å². The number of amides is 1. The second kappa shape index (κ2) is 6.60. The van der Waals surface area contributed by atoms with Gasteiger partial charge in [0.1, 0.15) is 0 Å². The van der Waals surface area contributed by atoms with Crippen LogP contribution in [0.3, 0.4) is 0 Å². The van der Waals surface area contributed by atoms with Crippen molar-refractivity contribution >= 4 is 5.91 Å². The van der Waals surface area contributed by atoms with E-state index in [1.54, 1.807) is 25.5 Å². The topological polar surface area (TPSA) is 33.2 Å². The van der Waals surface area contributed by atoms with E-state index in [1.807, 2.05) is 6.07 Å². The molecule has 3 nitrogen and oxygen atoms in total. The average Bonchev–Trinajstić information content (AvgIpc) is 2.48. The Morgan fingerprint density at radius 2 is 1.82 bits per heavy atom. The lowest BCUT2D eigenvalue weighted by molar-refractivity contribution is -0.137. The van der Waals surface area contributed by atoms with Crippen molar-refractivity contribution in [1.82, 2.24) is 9.88 Å². The smallest absolute Gasteiger partial charge is 0.341 e. The summed E-state index contributed by atoms with van der Waals surface area (Å²) in [7, 11) is 1.65. The number of aromatic nitrogens is 1. The highest BCUT2D eigenvalue weighted by atomic mass is 19.4. The Balaban J connectivity index is 1.96. The summed E-state index contributed by atoms with van der Waals surface area (Å²) in [6, 6.07) is 8.28. The molecule has 2 aromatic rings. The molecular weight excluding hydrogens is 293 g/mol. The summed E-state index contributed by atoms with van der Waals surface area (Å²) in [5.74, 6) is -0.163. The minimum atomic E-state index is -4.36. The second-order valence-electron chi connectivity index (χ2n) is 4.98. The molecule has 1 aromatic carbocycles. The molecule has 0 saturated carbocycles. The van der Waals surface area contributed by atoms with Crippen molar-refractivity contribution in [3.63, 3.8) is 0 Å². The van der Waals surface area contributed by atoms with E-state index >= 15 is 0 Å².